The van der Waals surface area contributed by atoms with E-state index >= 15 is 0 Å². The van der Waals surface area contributed by atoms with Crippen molar-refractivity contribution in [1.29, 1.82) is 0 Å². The molecule has 0 radical (unpaired) electrons. The Kier molecular flexibility index (Phi) is 8.68. The van der Waals surface area contributed by atoms with Crippen molar-refractivity contribution in [1.82, 2.24) is 0 Å². The van der Waals surface area contributed by atoms with Crippen LogP contribution in [0.3, 0.4) is 0 Å². The van der Waals surface area contributed by atoms with Crippen molar-refractivity contribution >= 4 is 10.4 Å². The van der Waals surface area contributed by atoms with Gasteiger partial charge in [-0.3, -0.25) is 9.11 Å². The van der Waals surface area contributed by atoms with Gasteiger partial charge in [-0.15, -0.1) is 0 Å². The lowest BCUT2D eigenvalue weighted by atomic mass is 10.4. The minimum Gasteiger partial charge on any atom is -0.396 e. The van der Waals surface area contributed by atoms with Gasteiger partial charge in [0.25, 0.3) is 0 Å². The third kappa shape index (κ3) is 109. The molecule has 6 heteroatoms. The monoisotopic (exact) mass is 172 g/mol. The van der Waals surface area contributed by atoms with E-state index in [9.17, 15) is 0 Å². The van der Waals surface area contributed by atoms with Gasteiger partial charge in [-0.25, -0.2) is 0 Å². The van der Waals surface area contributed by atoms with Gasteiger partial charge < -0.3 is 5.11 Å². The maximum absolute atomic E-state index is 8.74. The summed E-state index contributed by atoms with van der Waals surface area (Å²) in [6, 6.07) is 0. The van der Waals surface area contributed by atoms with Gasteiger partial charge in [-0.1, -0.05) is 13.3 Å². The molecule has 0 saturated heterocycles. The number of rotatable bonds is 2. The predicted octanol–water partition coefficient (Wildman–Crippen LogP) is 0.126. The molecule has 0 aromatic heterocycles. The van der Waals surface area contributed by atoms with Crippen molar-refractivity contribution < 1.29 is 22.6 Å². The number of hydrogen-bond donors (Lipinski definition) is 3. The van der Waals surface area contributed by atoms with Crippen molar-refractivity contribution in [3.05, 3.63) is 0 Å². The summed E-state index contributed by atoms with van der Waals surface area (Å²) in [6.07, 6.45) is 2.04. The molecule has 64 valence electrons. The predicted molar refractivity (Wildman–Crippen MR) is 36.2 cm³/mol. The van der Waals surface area contributed by atoms with Gasteiger partial charge in [0, 0.05) is 6.61 Å². The highest BCUT2D eigenvalue weighted by atomic mass is 32.3. The Hall–Kier alpha value is -0.170. The van der Waals surface area contributed by atoms with Crippen LogP contribution >= 0.6 is 0 Å². The highest BCUT2D eigenvalue weighted by Crippen LogP contribution is 1.78. The highest BCUT2D eigenvalue weighted by Gasteiger charge is 1.84. The molecule has 0 atom stereocenters. The Balaban J connectivity index is 0. The molecule has 3 N–H and O–H groups in total. The van der Waals surface area contributed by atoms with Gasteiger partial charge in [-0.05, 0) is 6.42 Å². The molecule has 5 nitrogen and oxygen atoms in total. The fourth-order valence-corrected chi connectivity index (χ4v) is 0.158. The molecule has 0 unspecified atom stereocenters. The van der Waals surface area contributed by atoms with Crippen LogP contribution in [0.25, 0.3) is 0 Å². The van der Waals surface area contributed by atoms with Crippen LogP contribution in [-0.4, -0.2) is 29.2 Å². The zero-order chi connectivity index (χ0) is 8.62. The number of unbranched alkanes of at least 4 members (excludes halogenated alkanes) is 1. The third-order valence-corrected chi connectivity index (χ3v) is 0.512. The van der Waals surface area contributed by atoms with E-state index in [1.807, 2.05) is 0 Å². The smallest absolute Gasteiger partial charge is 0.394 e. The molecule has 0 aliphatic heterocycles. The summed E-state index contributed by atoms with van der Waals surface area (Å²) >= 11 is 0. The quantitative estimate of drug-likeness (QED) is 0.514. The summed E-state index contributed by atoms with van der Waals surface area (Å²) < 4.78 is 31.6. The summed E-state index contributed by atoms with van der Waals surface area (Å²) in [4.78, 5) is 0. The highest BCUT2D eigenvalue weighted by molar-refractivity contribution is 7.79. The number of aliphatic hydroxyl groups is 1. The van der Waals surface area contributed by atoms with Crippen LogP contribution in [-0.2, 0) is 10.4 Å². The molecule has 0 aliphatic rings. The first-order chi connectivity index (χ1) is 4.41. The van der Waals surface area contributed by atoms with E-state index in [0.717, 1.165) is 12.8 Å². The van der Waals surface area contributed by atoms with Crippen molar-refractivity contribution in [2.75, 3.05) is 6.61 Å². The van der Waals surface area contributed by atoms with E-state index in [4.69, 9.17) is 22.6 Å². The summed E-state index contributed by atoms with van der Waals surface area (Å²) in [5.74, 6) is 0. The molecule has 0 aliphatic carbocycles. The molecule has 0 amide bonds. The van der Waals surface area contributed by atoms with E-state index in [-0.39, 0.29) is 0 Å². The van der Waals surface area contributed by atoms with Gasteiger partial charge in [-0.2, -0.15) is 8.42 Å². The minimum atomic E-state index is -4.67. The first kappa shape index (κ1) is 12.5. The Bertz CT molecular complexity index is 128. The zero-order valence-corrected chi connectivity index (χ0v) is 6.50. The topological polar surface area (TPSA) is 94.8 Å². The van der Waals surface area contributed by atoms with Crippen LogP contribution in [0.2, 0.25) is 0 Å². The summed E-state index contributed by atoms with van der Waals surface area (Å²) in [7, 11) is -4.67. The van der Waals surface area contributed by atoms with Crippen molar-refractivity contribution in [2.24, 2.45) is 0 Å². The molecule has 0 aromatic rings. The SMILES string of the molecule is CCCCO.O=S(=O)(O)O. The first-order valence-electron chi connectivity index (χ1n) is 2.72. The number of aliphatic hydroxyl groups excluding tert-OH is 1. The van der Waals surface area contributed by atoms with Crippen LogP contribution in [0.15, 0.2) is 0 Å². The molecular weight excluding hydrogens is 160 g/mol. The third-order valence-electron chi connectivity index (χ3n) is 0.512. The van der Waals surface area contributed by atoms with Gasteiger partial charge in [0.1, 0.15) is 0 Å². The molecule has 10 heavy (non-hydrogen) atoms. The second kappa shape index (κ2) is 6.94. The second-order valence-corrected chi connectivity index (χ2v) is 2.42. The van der Waals surface area contributed by atoms with Crippen molar-refractivity contribution in [3.63, 3.8) is 0 Å². The molecular formula is C4H12O5S. The average molecular weight is 172 g/mol. The fraction of sp³-hybridized carbons (Fsp3) is 1.00. The largest absolute Gasteiger partial charge is 0.396 e. The van der Waals surface area contributed by atoms with Crippen LogP contribution in [0.5, 0.6) is 0 Å². The molecule has 0 spiro atoms. The molecule has 0 aromatic carbocycles. The van der Waals surface area contributed by atoms with Crippen molar-refractivity contribution in [2.45, 2.75) is 19.8 Å². The standard InChI is InChI=1S/C4H10O.H2O4S/c1-2-3-4-5;1-5(2,3)4/h5H,2-4H2,1H3;(H2,1,2,3,4). The van der Waals surface area contributed by atoms with E-state index in [1.165, 1.54) is 0 Å². The van der Waals surface area contributed by atoms with E-state index in [0.29, 0.717) is 6.61 Å². The summed E-state index contributed by atoms with van der Waals surface area (Å²) in [5.41, 5.74) is 0. The van der Waals surface area contributed by atoms with Crippen LogP contribution < -0.4 is 0 Å². The fourth-order valence-electron chi connectivity index (χ4n) is 0.158. The van der Waals surface area contributed by atoms with Crippen LogP contribution in [0.4, 0.5) is 0 Å². The van der Waals surface area contributed by atoms with Gasteiger partial charge >= 0.3 is 10.4 Å². The van der Waals surface area contributed by atoms with Gasteiger partial charge in [0.05, 0.1) is 0 Å². The van der Waals surface area contributed by atoms with Gasteiger partial charge in [0.2, 0.25) is 0 Å². The Morgan fingerprint density at radius 3 is 1.60 bits per heavy atom. The average Bonchev–Trinajstić information content (AvgIpc) is 1.63. The normalized spacial score (nSPS) is 10.0. The molecule has 0 saturated carbocycles. The Morgan fingerprint density at radius 1 is 1.30 bits per heavy atom. The molecule has 0 rings (SSSR count). The van der Waals surface area contributed by atoms with Crippen molar-refractivity contribution in [3.8, 4) is 0 Å². The van der Waals surface area contributed by atoms with Crippen LogP contribution in [0, 0.1) is 0 Å². The van der Waals surface area contributed by atoms with E-state index < -0.39 is 10.4 Å². The Morgan fingerprint density at radius 2 is 1.60 bits per heavy atom. The Labute approximate surface area is 60.3 Å². The zero-order valence-electron chi connectivity index (χ0n) is 5.69. The molecule has 0 heterocycles. The molecule has 0 fully saturated rings. The van der Waals surface area contributed by atoms with E-state index in [2.05, 4.69) is 6.92 Å². The van der Waals surface area contributed by atoms with E-state index in [1.54, 1.807) is 0 Å². The van der Waals surface area contributed by atoms with Gasteiger partial charge in [0.15, 0.2) is 0 Å². The summed E-state index contributed by atoms with van der Waals surface area (Å²) in [6.45, 7) is 2.40. The maximum Gasteiger partial charge on any atom is 0.394 e. The summed E-state index contributed by atoms with van der Waals surface area (Å²) in [5, 5.41) is 8.07. The lowest BCUT2D eigenvalue weighted by Gasteiger charge is -1.79. The van der Waals surface area contributed by atoms with Crippen LogP contribution in [0.1, 0.15) is 19.8 Å². The lowest BCUT2D eigenvalue weighted by molar-refractivity contribution is 0.287. The number of hydrogen-bond acceptors (Lipinski definition) is 3. The second-order valence-electron chi connectivity index (χ2n) is 1.52. The minimum absolute atomic E-state index is 0.344. The maximum atomic E-state index is 8.74. The first-order valence-corrected chi connectivity index (χ1v) is 4.12. The lowest BCUT2D eigenvalue weighted by Crippen LogP contribution is -1.89. The molecule has 0 bridgehead atoms.